The van der Waals surface area contributed by atoms with Crippen molar-refractivity contribution in [3.63, 3.8) is 0 Å². The standard InChI is InChI=1S/C26H29N2.ClH/c1-28(2,21-22-12-5-3-6-13-22)19-11-16-24-25(23-14-7-4-8-15-23)20-27-18-10-9-17-26(24)27;/h3-10,12-15,17-18,20H,11,16,19,21H2,1-2H3;1H/q+1;/p-1. The Bertz CT molecular complexity index is 1040. The van der Waals surface area contributed by atoms with Crippen molar-refractivity contribution in [2.45, 2.75) is 19.4 Å². The summed E-state index contributed by atoms with van der Waals surface area (Å²) in [5.41, 5.74) is 6.87. The predicted molar refractivity (Wildman–Crippen MR) is 118 cm³/mol. The van der Waals surface area contributed by atoms with Crippen molar-refractivity contribution in [3.05, 3.63) is 102 Å². The molecule has 3 heteroatoms. The zero-order valence-corrected chi connectivity index (χ0v) is 18.0. The molecule has 2 nitrogen and oxygen atoms in total. The summed E-state index contributed by atoms with van der Waals surface area (Å²) in [5.74, 6) is 0. The van der Waals surface area contributed by atoms with E-state index in [1.54, 1.807) is 0 Å². The fourth-order valence-corrected chi connectivity index (χ4v) is 4.15. The quantitative estimate of drug-likeness (QED) is 0.417. The third kappa shape index (κ3) is 5.09. The number of nitrogens with zero attached hydrogens (tertiary/aromatic N) is 2. The molecule has 2 heterocycles. The van der Waals surface area contributed by atoms with E-state index in [4.69, 9.17) is 0 Å². The maximum Gasteiger partial charge on any atom is 0.104 e. The van der Waals surface area contributed by atoms with Gasteiger partial charge in [0.1, 0.15) is 6.54 Å². The summed E-state index contributed by atoms with van der Waals surface area (Å²) in [6.07, 6.45) is 6.71. The van der Waals surface area contributed by atoms with Crippen LogP contribution in [0.5, 0.6) is 0 Å². The molecule has 4 aromatic rings. The van der Waals surface area contributed by atoms with E-state index in [0.717, 1.165) is 24.0 Å². The fourth-order valence-electron chi connectivity index (χ4n) is 4.15. The third-order valence-electron chi connectivity index (χ3n) is 5.52. The van der Waals surface area contributed by atoms with Gasteiger partial charge in [-0.3, -0.25) is 0 Å². The summed E-state index contributed by atoms with van der Waals surface area (Å²) in [6, 6.07) is 28.1. The maximum absolute atomic E-state index is 2.34. The lowest BCUT2D eigenvalue weighted by atomic mass is 10.00. The highest BCUT2D eigenvalue weighted by Crippen LogP contribution is 2.30. The normalized spacial score (nSPS) is 11.4. The Morgan fingerprint density at radius 3 is 2.17 bits per heavy atom. The minimum Gasteiger partial charge on any atom is -1.00 e. The summed E-state index contributed by atoms with van der Waals surface area (Å²) in [6.45, 7) is 2.23. The molecule has 0 saturated carbocycles. The molecule has 0 saturated heterocycles. The van der Waals surface area contributed by atoms with E-state index in [1.165, 1.54) is 34.2 Å². The van der Waals surface area contributed by atoms with Crippen molar-refractivity contribution < 1.29 is 16.9 Å². The summed E-state index contributed by atoms with van der Waals surface area (Å²) in [5, 5.41) is 0. The molecule has 0 N–H and O–H groups in total. The molecule has 0 aliphatic carbocycles. The van der Waals surface area contributed by atoms with Crippen LogP contribution in [0.25, 0.3) is 16.6 Å². The minimum absolute atomic E-state index is 0. The second kappa shape index (κ2) is 9.30. The minimum atomic E-state index is 0. The van der Waals surface area contributed by atoms with E-state index in [1.807, 2.05) is 0 Å². The van der Waals surface area contributed by atoms with Crippen LogP contribution in [0.4, 0.5) is 0 Å². The summed E-state index contributed by atoms with van der Waals surface area (Å²) in [7, 11) is 4.67. The van der Waals surface area contributed by atoms with Crippen LogP contribution in [0.3, 0.4) is 0 Å². The molecule has 4 rings (SSSR count). The van der Waals surface area contributed by atoms with Gasteiger partial charge in [0.2, 0.25) is 0 Å². The molecule has 0 bridgehead atoms. The van der Waals surface area contributed by atoms with Crippen LogP contribution in [0.1, 0.15) is 17.5 Å². The smallest absolute Gasteiger partial charge is 0.104 e. The largest absolute Gasteiger partial charge is 1.00 e. The van der Waals surface area contributed by atoms with Gasteiger partial charge in [0.05, 0.1) is 20.6 Å². The van der Waals surface area contributed by atoms with Crippen LogP contribution in [0.15, 0.2) is 91.3 Å². The van der Waals surface area contributed by atoms with Gasteiger partial charge < -0.3 is 21.3 Å². The van der Waals surface area contributed by atoms with Gasteiger partial charge in [-0.05, 0) is 29.7 Å². The van der Waals surface area contributed by atoms with Crippen LogP contribution < -0.4 is 12.4 Å². The number of benzene rings is 2. The molecule has 29 heavy (non-hydrogen) atoms. The summed E-state index contributed by atoms with van der Waals surface area (Å²) >= 11 is 0. The van der Waals surface area contributed by atoms with Gasteiger partial charge in [-0.1, -0.05) is 66.7 Å². The molecule has 2 aromatic carbocycles. The van der Waals surface area contributed by atoms with Gasteiger partial charge in [-0.2, -0.15) is 0 Å². The van der Waals surface area contributed by atoms with E-state index < -0.39 is 0 Å². The first-order chi connectivity index (χ1) is 13.6. The number of halogens is 1. The highest BCUT2D eigenvalue weighted by atomic mass is 35.5. The number of quaternary nitrogens is 1. The molecule has 0 aliphatic rings. The Labute approximate surface area is 180 Å². The van der Waals surface area contributed by atoms with E-state index in [-0.39, 0.29) is 12.4 Å². The fraction of sp³-hybridized carbons (Fsp3) is 0.231. The number of fused-ring (bicyclic) bond motifs is 1. The topological polar surface area (TPSA) is 4.41 Å². The van der Waals surface area contributed by atoms with Gasteiger partial charge in [0.15, 0.2) is 0 Å². The molecule has 0 spiro atoms. The second-order valence-electron chi connectivity index (χ2n) is 8.29. The highest BCUT2D eigenvalue weighted by molar-refractivity contribution is 5.76. The highest BCUT2D eigenvalue weighted by Gasteiger charge is 2.17. The first-order valence-corrected chi connectivity index (χ1v) is 10.1. The van der Waals surface area contributed by atoms with E-state index in [2.05, 4.69) is 110 Å². The van der Waals surface area contributed by atoms with Crippen LogP contribution in [-0.2, 0) is 13.0 Å². The third-order valence-corrected chi connectivity index (χ3v) is 5.52. The van der Waals surface area contributed by atoms with Crippen LogP contribution in [0, 0.1) is 0 Å². The number of aromatic nitrogens is 1. The zero-order chi connectivity index (χ0) is 19.4. The number of aryl methyl sites for hydroxylation is 1. The number of pyridine rings is 1. The monoisotopic (exact) mass is 404 g/mol. The maximum atomic E-state index is 2.34. The van der Waals surface area contributed by atoms with Crippen molar-refractivity contribution in [2.24, 2.45) is 0 Å². The van der Waals surface area contributed by atoms with Gasteiger partial charge in [0, 0.05) is 35.5 Å². The molecule has 0 aliphatic heterocycles. The Morgan fingerprint density at radius 2 is 1.45 bits per heavy atom. The van der Waals surface area contributed by atoms with E-state index in [9.17, 15) is 0 Å². The summed E-state index contributed by atoms with van der Waals surface area (Å²) in [4.78, 5) is 0. The Kier molecular flexibility index (Phi) is 6.79. The van der Waals surface area contributed by atoms with Crippen LogP contribution in [0.2, 0.25) is 0 Å². The van der Waals surface area contributed by atoms with Gasteiger partial charge in [0.25, 0.3) is 0 Å². The Balaban J connectivity index is 0.00000240. The van der Waals surface area contributed by atoms with Crippen LogP contribution >= 0.6 is 0 Å². The average Bonchev–Trinajstić information content (AvgIpc) is 3.08. The van der Waals surface area contributed by atoms with Crippen molar-refractivity contribution in [1.82, 2.24) is 4.40 Å². The van der Waals surface area contributed by atoms with E-state index in [0.29, 0.717) is 0 Å². The van der Waals surface area contributed by atoms with Crippen molar-refractivity contribution in [3.8, 4) is 11.1 Å². The van der Waals surface area contributed by atoms with Crippen molar-refractivity contribution in [1.29, 1.82) is 0 Å². The van der Waals surface area contributed by atoms with Gasteiger partial charge in [-0.25, -0.2) is 0 Å². The molecule has 0 fully saturated rings. The van der Waals surface area contributed by atoms with Gasteiger partial charge >= 0.3 is 0 Å². The first kappa shape index (κ1) is 21.2. The second-order valence-corrected chi connectivity index (χ2v) is 8.29. The first-order valence-electron chi connectivity index (χ1n) is 10.1. The van der Waals surface area contributed by atoms with Crippen molar-refractivity contribution >= 4 is 5.52 Å². The summed E-state index contributed by atoms with van der Waals surface area (Å²) < 4.78 is 3.28. The number of rotatable bonds is 7. The molecule has 0 radical (unpaired) electrons. The molecule has 0 unspecified atom stereocenters. The Hall–Kier alpha value is -2.55. The lowest BCUT2D eigenvalue weighted by molar-refractivity contribution is -0.903. The van der Waals surface area contributed by atoms with E-state index >= 15 is 0 Å². The average molecular weight is 405 g/mol. The number of hydrogen-bond donors (Lipinski definition) is 0. The lowest BCUT2D eigenvalue weighted by Crippen LogP contribution is -3.00. The zero-order valence-electron chi connectivity index (χ0n) is 17.3. The molecule has 2 aromatic heterocycles. The Morgan fingerprint density at radius 1 is 0.793 bits per heavy atom. The molecular formula is C26H29ClN2. The SMILES string of the molecule is C[N+](C)(CCCc1c(-c2ccccc2)cn2ccccc12)Cc1ccccc1.[Cl-]. The number of hydrogen-bond acceptors (Lipinski definition) is 0. The van der Waals surface area contributed by atoms with Crippen LogP contribution in [-0.4, -0.2) is 29.5 Å². The predicted octanol–water partition coefficient (Wildman–Crippen LogP) is 2.82. The molecule has 0 atom stereocenters. The molecule has 0 amide bonds. The molecular weight excluding hydrogens is 376 g/mol. The molecule has 150 valence electrons. The van der Waals surface area contributed by atoms with Crippen molar-refractivity contribution in [2.75, 3.05) is 20.6 Å². The lowest BCUT2D eigenvalue weighted by Gasteiger charge is -2.30. The van der Waals surface area contributed by atoms with Gasteiger partial charge in [-0.15, -0.1) is 0 Å².